The van der Waals surface area contributed by atoms with E-state index in [4.69, 9.17) is 0 Å². The molecule has 1 fully saturated rings. The molecule has 2 rings (SSSR count). The largest absolute Gasteiger partial charge is 0.394 e. The first-order valence-electron chi connectivity index (χ1n) is 8.38. The third kappa shape index (κ3) is 4.06. The summed E-state index contributed by atoms with van der Waals surface area (Å²) in [6.45, 7) is 8.73. The Morgan fingerprint density at radius 1 is 1.29 bits per heavy atom. The molecule has 0 radical (unpaired) electrons. The van der Waals surface area contributed by atoms with Crippen LogP contribution in [-0.2, 0) is 5.54 Å². The minimum Gasteiger partial charge on any atom is -0.394 e. The van der Waals surface area contributed by atoms with Crippen molar-refractivity contribution in [3.8, 4) is 0 Å². The summed E-state index contributed by atoms with van der Waals surface area (Å²) >= 11 is 0. The van der Waals surface area contributed by atoms with Gasteiger partial charge in [0.1, 0.15) is 0 Å². The maximum Gasteiger partial charge on any atom is 0.0797 e. The van der Waals surface area contributed by atoms with E-state index in [9.17, 15) is 5.11 Å². The van der Waals surface area contributed by atoms with Crippen molar-refractivity contribution in [3.05, 3.63) is 35.9 Å². The fourth-order valence-electron chi connectivity index (χ4n) is 3.34. The molecule has 1 aliphatic rings. The molecular formula is C18H30N2O. The zero-order valence-corrected chi connectivity index (χ0v) is 13.5. The Kier molecular flexibility index (Phi) is 6.22. The van der Waals surface area contributed by atoms with Crippen LogP contribution in [0.5, 0.6) is 0 Å². The number of likely N-dealkylation sites (tertiary alicyclic amines) is 1. The van der Waals surface area contributed by atoms with Gasteiger partial charge in [0, 0.05) is 13.1 Å². The van der Waals surface area contributed by atoms with Gasteiger partial charge < -0.3 is 15.3 Å². The number of aliphatic hydroxyl groups excluding tert-OH is 1. The van der Waals surface area contributed by atoms with Crippen LogP contribution in [-0.4, -0.2) is 42.8 Å². The quantitative estimate of drug-likeness (QED) is 0.772. The van der Waals surface area contributed by atoms with Gasteiger partial charge in [-0.3, -0.25) is 0 Å². The van der Waals surface area contributed by atoms with Crippen LogP contribution in [0.3, 0.4) is 0 Å². The lowest BCUT2D eigenvalue weighted by atomic mass is 9.89. The first kappa shape index (κ1) is 16.5. The lowest BCUT2D eigenvalue weighted by Crippen LogP contribution is -2.53. The maximum atomic E-state index is 10.2. The predicted octanol–water partition coefficient (Wildman–Crippen LogP) is 2.61. The maximum absolute atomic E-state index is 10.2. The summed E-state index contributed by atoms with van der Waals surface area (Å²) in [6, 6.07) is 10.4. The summed E-state index contributed by atoms with van der Waals surface area (Å²) in [4.78, 5) is 2.51. The van der Waals surface area contributed by atoms with Crippen LogP contribution in [0.15, 0.2) is 30.3 Å². The minimum absolute atomic E-state index is 0.143. The highest BCUT2D eigenvalue weighted by Gasteiger charge is 2.35. The number of hydrogen-bond acceptors (Lipinski definition) is 3. The Morgan fingerprint density at radius 3 is 2.62 bits per heavy atom. The van der Waals surface area contributed by atoms with Gasteiger partial charge in [-0.15, -0.1) is 0 Å². The second-order valence-corrected chi connectivity index (χ2v) is 6.33. The van der Waals surface area contributed by atoms with Crippen LogP contribution in [0.25, 0.3) is 0 Å². The number of benzene rings is 1. The van der Waals surface area contributed by atoms with E-state index in [1.807, 2.05) is 6.07 Å². The number of nitrogens with zero attached hydrogens (tertiary/aromatic N) is 1. The number of rotatable bonds is 8. The van der Waals surface area contributed by atoms with Gasteiger partial charge in [0.25, 0.3) is 0 Å². The van der Waals surface area contributed by atoms with Crippen LogP contribution < -0.4 is 5.32 Å². The molecule has 1 heterocycles. The van der Waals surface area contributed by atoms with E-state index in [2.05, 4.69) is 48.3 Å². The lowest BCUT2D eigenvalue weighted by molar-refractivity contribution is 0.115. The molecule has 3 heteroatoms. The first-order valence-corrected chi connectivity index (χ1v) is 8.38. The third-order valence-corrected chi connectivity index (χ3v) is 4.75. The van der Waals surface area contributed by atoms with Crippen molar-refractivity contribution in [2.24, 2.45) is 5.92 Å². The summed E-state index contributed by atoms with van der Waals surface area (Å²) in [5.74, 6) is 0.823. The van der Waals surface area contributed by atoms with Gasteiger partial charge >= 0.3 is 0 Å². The highest BCUT2D eigenvalue weighted by Crippen LogP contribution is 2.26. The molecule has 0 aromatic heterocycles. The summed E-state index contributed by atoms with van der Waals surface area (Å²) in [5.41, 5.74) is 0.862. The molecule has 2 N–H and O–H groups in total. The number of hydrogen-bond donors (Lipinski definition) is 2. The number of nitrogens with one attached hydrogen (secondary N) is 1. The van der Waals surface area contributed by atoms with Crippen molar-refractivity contribution in [2.45, 2.75) is 38.6 Å². The first-order chi connectivity index (χ1) is 10.2. The molecule has 1 aromatic carbocycles. The van der Waals surface area contributed by atoms with Crippen molar-refractivity contribution in [1.29, 1.82) is 0 Å². The fraction of sp³-hybridized carbons (Fsp3) is 0.667. The van der Waals surface area contributed by atoms with Gasteiger partial charge in [0.05, 0.1) is 12.1 Å². The van der Waals surface area contributed by atoms with Crippen molar-refractivity contribution in [3.63, 3.8) is 0 Å². The third-order valence-electron chi connectivity index (χ3n) is 4.75. The zero-order chi connectivity index (χ0) is 15.1. The molecule has 2 atom stereocenters. The average Bonchev–Trinajstić information content (AvgIpc) is 3.00. The Morgan fingerprint density at radius 2 is 2.05 bits per heavy atom. The van der Waals surface area contributed by atoms with E-state index < -0.39 is 0 Å². The summed E-state index contributed by atoms with van der Waals surface area (Å²) in [7, 11) is 0. The van der Waals surface area contributed by atoms with E-state index >= 15 is 0 Å². The van der Waals surface area contributed by atoms with Gasteiger partial charge in [-0.2, -0.15) is 0 Å². The Labute approximate surface area is 129 Å². The van der Waals surface area contributed by atoms with Crippen molar-refractivity contribution >= 4 is 0 Å². The Bertz CT molecular complexity index is 409. The van der Waals surface area contributed by atoms with Gasteiger partial charge in [-0.25, -0.2) is 0 Å². The molecule has 0 spiro atoms. The molecule has 0 aliphatic carbocycles. The highest BCUT2D eigenvalue weighted by atomic mass is 16.3. The molecule has 1 aromatic rings. The van der Waals surface area contributed by atoms with Gasteiger partial charge in [-0.05, 0) is 37.4 Å². The molecule has 0 amide bonds. The summed E-state index contributed by atoms with van der Waals surface area (Å²) in [6.07, 6.45) is 3.63. The Balaban J connectivity index is 2.15. The van der Waals surface area contributed by atoms with Crippen LogP contribution in [0, 0.1) is 5.92 Å². The molecule has 1 aliphatic heterocycles. The second kappa shape index (κ2) is 7.92. The highest BCUT2D eigenvalue weighted by molar-refractivity contribution is 5.25. The van der Waals surface area contributed by atoms with E-state index in [0.29, 0.717) is 0 Å². The molecule has 2 unspecified atom stereocenters. The van der Waals surface area contributed by atoms with Crippen molar-refractivity contribution in [2.75, 3.05) is 32.8 Å². The summed E-state index contributed by atoms with van der Waals surface area (Å²) in [5, 5.41) is 13.8. The molecule has 3 nitrogen and oxygen atoms in total. The monoisotopic (exact) mass is 290 g/mol. The second-order valence-electron chi connectivity index (χ2n) is 6.33. The molecule has 1 saturated heterocycles. The zero-order valence-electron chi connectivity index (χ0n) is 13.5. The topological polar surface area (TPSA) is 35.5 Å². The van der Waals surface area contributed by atoms with Crippen LogP contribution in [0.1, 0.15) is 38.7 Å². The number of aliphatic hydroxyl groups is 1. The van der Waals surface area contributed by atoms with E-state index in [1.54, 1.807) is 0 Å². The van der Waals surface area contributed by atoms with E-state index in [1.165, 1.54) is 24.9 Å². The van der Waals surface area contributed by atoms with Crippen molar-refractivity contribution < 1.29 is 5.11 Å². The van der Waals surface area contributed by atoms with Gasteiger partial charge in [0.15, 0.2) is 0 Å². The van der Waals surface area contributed by atoms with Gasteiger partial charge in [-0.1, -0.05) is 50.6 Å². The summed E-state index contributed by atoms with van der Waals surface area (Å²) < 4.78 is 0. The normalized spacial score (nSPS) is 22.3. The van der Waals surface area contributed by atoms with Crippen LogP contribution in [0.2, 0.25) is 0 Å². The van der Waals surface area contributed by atoms with Gasteiger partial charge in [0.2, 0.25) is 0 Å². The SMILES string of the molecule is CCCNC(CO)(CN1CCC(CC)C1)c1ccccc1. The van der Waals surface area contributed by atoms with Crippen molar-refractivity contribution in [1.82, 2.24) is 10.2 Å². The molecule has 118 valence electrons. The van der Waals surface area contributed by atoms with Crippen LogP contribution >= 0.6 is 0 Å². The van der Waals surface area contributed by atoms with E-state index in [-0.39, 0.29) is 12.1 Å². The molecule has 21 heavy (non-hydrogen) atoms. The fourth-order valence-corrected chi connectivity index (χ4v) is 3.34. The average molecular weight is 290 g/mol. The Hall–Kier alpha value is -0.900. The van der Waals surface area contributed by atoms with E-state index in [0.717, 1.165) is 32.0 Å². The van der Waals surface area contributed by atoms with Crippen LogP contribution in [0.4, 0.5) is 0 Å². The minimum atomic E-state index is -0.333. The molecule has 0 saturated carbocycles. The molecular weight excluding hydrogens is 260 g/mol. The predicted molar refractivity (Wildman–Crippen MR) is 88.3 cm³/mol. The molecule has 0 bridgehead atoms. The smallest absolute Gasteiger partial charge is 0.0797 e. The lowest BCUT2D eigenvalue weighted by Gasteiger charge is -2.37. The standard InChI is InChI=1S/C18H30N2O/c1-3-11-19-18(15-21,17-8-6-5-7-9-17)14-20-12-10-16(4-2)13-20/h5-9,16,19,21H,3-4,10-15H2,1-2H3.